The molecule has 1 aliphatic rings. The number of pyridine rings is 1. The molecule has 88 valence electrons. The molecule has 1 aromatic heterocycles. The van der Waals surface area contributed by atoms with Gasteiger partial charge in [-0.3, -0.25) is 0 Å². The minimum absolute atomic E-state index is 0.549. The molecule has 0 radical (unpaired) electrons. The second-order valence-electron chi connectivity index (χ2n) is 4.91. The van der Waals surface area contributed by atoms with Gasteiger partial charge in [0, 0.05) is 6.04 Å². The zero-order valence-electron chi connectivity index (χ0n) is 9.96. The molecule has 0 spiro atoms. The fourth-order valence-corrected chi connectivity index (χ4v) is 2.43. The number of hydrogen-bond acceptors (Lipinski definition) is 2. The van der Waals surface area contributed by atoms with Gasteiger partial charge in [0.25, 0.3) is 0 Å². The highest BCUT2D eigenvalue weighted by Crippen LogP contribution is 2.31. The Kier molecular flexibility index (Phi) is 3.85. The standard InChI is InChI=1S/C13H19BrN2/c1-9-6-12(8-15-13(9)14)16-10(2)7-11-4-3-5-11/h6,8,10-11,16H,3-5,7H2,1-2H3. The van der Waals surface area contributed by atoms with Crippen molar-refractivity contribution in [3.05, 3.63) is 22.4 Å². The molecule has 1 aromatic rings. The van der Waals surface area contributed by atoms with E-state index in [1.807, 2.05) is 6.20 Å². The van der Waals surface area contributed by atoms with E-state index < -0.39 is 0 Å². The van der Waals surface area contributed by atoms with Gasteiger partial charge in [0.2, 0.25) is 0 Å². The number of anilines is 1. The van der Waals surface area contributed by atoms with E-state index in [-0.39, 0.29) is 0 Å². The Balaban J connectivity index is 1.89. The van der Waals surface area contributed by atoms with Gasteiger partial charge in [-0.1, -0.05) is 19.3 Å². The van der Waals surface area contributed by atoms with Crippen molar-refractivity contribution in [1.82, 2.24) is 4.98 Å². The summed E-state index contributed by atoms with van der Waals surface area (Å²) in [7, 11) is 0. The molecule has 1 unspecified atom stereocenters. The van der Waals surface area contributed by atoms with Crippen molar-refractivity contribution in [3.63, 3.8) is 0 Å². The molecule has 16 heavy (non-hydrogen) atoms. The lowest BCUT2D eigenvalue weighted by molar-refractivity contribution is 0.286. The predicted octanol–water partition coefficient (Wildman–Crippen LogP) is 4.14. The van der Waals surface area contributed by atoms with Crippen LogP contribution in [0.1, 0.15) is 38.2 Å². The van der Waals surface area contributed by atoms with Crippen LogP contribution in [0.15, 0.2) is 16.9 Å². The molecule has 1 aliphatic carbocycles. The number of aryl methyl sites for hydroxylation is 1. The summed E-state index contributed by atoms with van der Waals surface area (Å²) in [6.07, 6.45) is 7.45. The third-order valence-corrected chi connectivity index (χ3v) is 4.17. The predicted molar refractivity (Wildman–Crippen MR) is 71.7 cm³/mol. The lowest BCUT2D eigenvalue weighted by Gasteiger charge is -2.28. The zero-order chi connectivity index (χ0) is 11.5. The van der Waals surface area contributed by atoms with E-state index in [0.717, 1.165) is 16.2 Å². The van der Waals surface area contributed by atoms with Gasteiger partial charge in [0.1, 0.15) is 4.60 Å². The van der Waals surface area contributed by atoms with Crippen LogP contribution in [0, 0.1) is 12.8 Å². The van der Waals surface area contributed by atoms with Gasteiger partial charge in [0.15, 0.2) is 0 Å². The Labute approximate surface area is 106 Å². The van der Waals surface area contributed by atoms with Gasteiger partial charge in [-0.15, -0.1) is 0 Å². The summed E-state index contributed by atoms with van der Waals surface area (Å²) in [5.41, 5.74) is 2.31. The monoisotopic (exact) mass is 282 g/mol. The van der Waals surface area contributed by atoms with E-state index >= 15 is 0 Å². The Morgan fingerprint density at radius 1 is 1.56 bits per heavy atom. The van der Waals surface area contributed by atoms with Gasteiger partial charge in [-0.25, -0.2) is 4.98 Å². The summed E-state index contributed by atoms with van der Waals surface area (Å²) < 4.78 is 0.935. The maximum absolute atomic E-state index is 4.30. The molecule has 1 atom stereocenters. The molecule has 0 aliphatic heterocycles. The Hall–Kier alpha value is -0.570. The maximum atomic E-state index is 4.30. The van der Waals surface area contributed by atoms with E-state index in [1.165, 1.54) is 31.2 Å². The zero-order valence-corrected chi connectivity index (χ0v) is 11.5. The third-order valence-electron chi connectivity index (χ3n) is 3.34. The van der Waals surface area contributed by atoms with Crippen molar-refractivity contribution >= 4 is 21.6 Å². The molecule has 1 N–H and O–H groups in total. The van der Waals surface area contributed by atoms with Gasteiger partial charge >= 0.3 is 0 Å². The second kappa shape index (κ2) is 5.17. The molecule has 3 heteroatoms. The summed E-state index contributed by atoms with van der Waals surface area (Å²) in [6, 6.07) is 2.70. The molecule has 1 fully saturated rings. The number of aromatic nitrogens is 1. The lowest BCUT2D eigenvalue weighted by atomic mass is 9.81. The van der Waals surface area contributed by atoms with Gasteiger partial charge in [0.05, 0.1) is 11.9 Å². The van der Waals surface area contributed by atoms with E-state index in [9.17, 15) is 0 Å². The van der Waals surface area contributed by atoms with Crippen LogP contribution in [0.5, 0.6) is 0 Å². The number of hydrogen-bond donors (Lipinski definition) is 1. The normalized spacial score (nSPS) is 17.9. The summed E-state index contributed by atoms with van der Waals surface area (Å²) in [5.74, 6) is 0.951. The summed E-state index contributed by atoms with van der Waals surface area (Å²) >= 11 is 3.42. The summed E-state index contributed by atoms with van der Waals surface area (Å²) in [4.78, 5) is 4.30. The molecule has 0 saturated heterocycles. The molecule has 0 bridgehead atoms. The van der Waals surface area contributed by atoms with Crippen LogP contribution in [0.25, 0.3) is 0 Å². The van der Waals surface area contributed by atoms with Crippen molar-refractivity contribution in [2.75, 3.05) is 5.32 Å². The first kappa shape index (κ1) is 11.9. The minimum Gasteiger partial charge on any atom is -0.381 e. The van der Waals surface area contributed by atoms with Crippen molar-refractivity contribution in [1.29, 1.82) is 0 Å². The van der Waals surface area contributed by atoms with Crippen molar-refractivity contribution in [2.45, 2.75) is 45.6 Å². The van der Waals surface area contributed by atoms with Crippen molar-refractivity contribution in [2.24, 2.45) is 5.92 Å². The average Bonchev–Trinajstić information content (AvgIpc) is 2.18. The van der Waals surface area contributed by atoms with Crippen LogP contribution in [0.2, 0.25) is 0 Å². The largest absolute Gasteiger partial charge is 0.381 e. The average molecular weight is 283 g/mol. The van der Waals surface area contributed by atoms with Gasteiger partial charge in [-0.05, 0) is 53.7 Å². The van der Waals surface area contributed by atoms with Crippen LogP contribution < -0.4 is 5.32 Å². The second-order valence-corrected chi connectivity index (χ2v) is 5.66. The van der Waals surface area contributed by atoms with Gasteiger partial charge in [-0.2, -0.15) is 0 Å². The smallest absolute Gasteiger partial charge is 0.109 e. The van der Waals surface area contributed by atoms with Crippen LogP contribution in [-0.2, 0) is 0 Å². The molecule has 1 heterocycles. The quantitative estimate of drug-likeness (QED) is 0.840. The first-order chi connectivity index (χ1) is 7.65. The highest BCUT2D eigenvalue weighted by molar-refractivity contribution is 9.10. The van der Waals surface area contributed by atoms with Crippen molar-refractivity contribution in [3.8, 4) is 0 Å². The fourth-order valence-electron chi connectivity index (χ4n) is 2.21. The van der Waals surface area contributed by atoms with Crippen LogP contribution in [0.4, 0.5) is 5.69 Å². The Morgan fingerprint density at radius 2 is 2.31 bits per heavy atom. The Morgan fingerprint density at radius 3 is 2.88 bits per heavy atom. The Bertz CT molecular complexity index is 361. The van der Waals surface area contributed by atoms with Crippen LogP contribution >= 0.6 is 15.9 Å². The number of nitrogens with zero attached hydrogens (tertiary/aromatic N) is 1. The van der Waals surface area contributed by atoms with Crippen LogP contribution in [-0.4, -0.2) is 11.0 Å². The van der Waals surface area contributed by atoms with E-state index in [1.54, 1.807) is 0 Å². The topological polar surface area (TPSA) is 24.9 Å². The third kappa shape index (κ3) is 2.97. The minimum atomic E-state index is 0.549. The molecule has 1 saturated carbocycles. The van der Waals surface area contributed by atoms with Gasteiger partial charge < -0.3 is 5.32 Å². The van der Waals surface area contributed by atoms with Crippen LogP contribution in [0.3, 0.4) is 0 Å². The highest BCUT2D eigenvalue weighted by atomic mass is 79.9. The molecule has 2 nitrogen and oxygen atoms in total. The molecule has 0 amide bonds. The highest BCUT2D eigenvalue weighted by Gasteiger charge is 2.19. The number of halogens is 1. The first-order valence-electron chi connectivity index (χ1n) is 6.04. The van der Waals surface area contributed by atoms with E-state index in [4.69, 9.17) is 0 Å². The summed E-state index contributed by atoms with van der Waals surface area (Å²) in [6.45, 7) is 4.33. The fraction of sp³-hybridized carbons (Fsp3) is 0.615. The lowest BCUT2D eigenvalue weighted by Crippen LogP contribution is -2.23. The molecule has 2 rings (SSSR count). The number of nitrogens with one attached hydrogen (secondary N) is 1. The SMILES string of the molecule is Cc1cc(NC(C)CC2CCC2)cnc1Br. The summed E-state index contributed by atoms with van der Waals surface area (Å²) in [5, 5.41) is 3.53. The maximum Gasteiger partial charge on any atom is 0.109 e. The first-order valence-corrected chi connectivity index (χ1v) is 6.83. The molecule has 0 aromatic carbocycles. The molecular formula is C13H19BrN2. The van der Waals surface area contributed by atoms with Crippen molar-refractivity contribution < 1.29 is 0 Å². The van der Waals surface area contributed by atoms with E-state index in [2.05, 4.69) is 46.1 Å². The number of rotatable bonds is 4. The molecular weight excluding hydrogens is 264 g/mol. The van der Waals surface area contributed by atoms with E-state index in [0.29, 0.717) is 6.04 Å².